The Bertz CT molecular complexity index is 983. The molecule has 0 amide bonds. The van der Waals surface area contributed by atoms with Crippen molar-refractivity contribution in [2.45, 2.75) is 19.3 Å². The number of benzene rings is 1. The van der Waals surface area contributed by atoms with Crippen molar-refractivity contribution in [1.29, 1.82) is 0 Å². The number of nitrogens with zero attached hydrogens (tertiary/aromatic N) is 4. The van der Waals surface area contributed by atoms with Crippen molar-refractivity contribution in [3.63, 3.8) is 0 Å². The molecule has 0 atom stereocenters. The van der Waals surface area contributed by atoms with Gasteiger partial charge in [0.1, 0.15) is 11.6 Å². The van der Waals surface area contributed by atoms with Gasteiger partial charge in [-0.1, -0.05) is 6.07 Å². The van der Waals surface area contributed by atoms with Crippen LogP contribution in [-0.4, -0.2) is 46.0 Å². The topological polar surface area (TPSA) is 59.0 Å². The fraction of sp³-hybridized carbons (Fsp3) is 0.333. The van der Waals surface area contributed by atoms with Crippen LogP contribution in [0, 0.1) is 11.7 Å². The monoisotopic (exact) mass is 364 g/mol. The molecule has 0 spiro atoms. The number of rotatable bonds is 4. The van der Waals surface area contributed by atoms with Crippen LogP contribution in [0.25, 0.3) is 22.0 Å². The van der Waals surface area contributed by atoms with Gasteiger partial charge < -0.3 is 4.90 Å². The lowest BCUT2D eigenvalue weighted by Crippen LogP contribution is -2.34. The number of ketones is 1. The Morgan fingerprint density at radius 2 is 1.93 bits per heavy atom. The molecule has 3 heterocycles. The smallest absolute Gasteiger partial charge is 0.142 e. The predicted octanol–water partition coefficient (Wildman–Crippen LogP) is 3.28. The van der Waals surface area contributed by atoms with Crippen molar-refractivity contribution in [2.24, 2.45) is 5.92 Å². The summed E-state index contributed by atoms with van der Waals surface area (Å²) in [6.45, 7) is 1.93. The third kappa shape index (κ3) is 4.01. The molecule has 0 unspecified atom stereocenters. The number of Topliss-reactive ketones (excluding diaryl/α,β-unsaturated/α-hetero) is 1. The van der Waals surface area contributed by atoms with E-state index < -0.39 is 0 Å². The Labute approximate surface area is 157 Å². The minimum absolute atomic E-state index is 0.114. The van der Waals surface area contributed by atoms with Crippen molar-refractivity contribution in [1.82, 2.24) is 20.1 Å². The zero-order chi connectivity index (χ0) is 18.8. The maximum absolute atomic E-state index is 13.4. The number of likely N-dealkylation sites (tertiary alicyclic amines) is 1. The van der Waals surface area contributed by atoms with E-state index in [1.54, 1.807) is 6.20 Å². The summed E-state index contributed by atoms with van der Waals surface area (Å²) in [5.41, 5.74) is 2.99. The molecule has 3 aromatic rings. The lowest BCUT2D eigenvalue weighted by molar-refractivity contribution is -0.123. The Hall–Kier alpha value is -2.73. The van der Waals surface area contributed by atoms with Crippen LogP contribution in [0.2, 0.25) is 0 Å². The maximum atomic E-state index is 13.4. The van der Waals surface area contributed by atoms with Crippen molar-refractivity contribution < 1.29 is 9.18 Å². The van der Waals surface area contributed by atoms with Crippen molar-refractivity contribution >= 4 is 16.7 Å². The molecule has 1 aliphatic heterocycles. The first kappa shape index (κ1) is 17.7. The largest absolute Gasteiger partial charge is 0.306 e. The van der Waals surface area contributed by atoms with Gasteiger partial charge in [0.05, 0.1) is 23.8 Å². The zero-order valence-corrected chi connectivity index (χ0v) is 15.2. The highest BCUT2D eigenvalue weighted by atomic mass is 19.1. The predicted molar refractivity (Wildman–Crippen MR) is 102 cm³/mol. The number of piperidine rings is 1. The number of hydrogen-bond acceptors (Lipinski definition) is 5. The lowest BCUT2D eigenvalue weighted by atomic mass is 9.90. The lowest BCUT2D eigenvalue weighted by Gasteiger charge is -2.27. The summed E-state index contributed by atoms with van der Waals surface area (Å²) in [6, 6.07) is 9.02. The number of halogens is 1. The van der Waals surface area contributed by atoms with Crippen LogP contribution in [0.4, 0.5) is 4.39 Å². The van der Waals surface area contributed by atoms with Gasteiger partial charge in [0, 0.05) is 23.1 Å². The zero-order valence-electron chi connectivity index (χ0n) is 15.2. The minimum Gasteiger partial charge on any atom is -0.306 e. The van der Waals surface area contributed by atoms with Crippen LogP contribution >= 0.6 is 0 Å². The van der Waals surface area contributed by atoms with Gasteiger partial charge in [-0.2, -0.15) is 10.2 Å². The van der Waals surface area contributed by atoms with Crippen LogP contribution in [0.15, 0.2) is 42.7 Å². The summed E-state index contributed by atoms with van der Waals surface area (Å²) >= 11 is 0. The first-order chi connectivity index (χ1) is 13.1. The summed E-state index contributed by atoms with van der Waals surface area (Å²) in [7, 11) is 2.08. The summed E-state index contributed by atoms with van der Waals surface area (Å²) in [4.78, 5) is 18.8. The van der Waals surface area contributed by atoms with E-state index in [9.17, 15) is 9.18 Å². The molecule has 1 saturated heterocycles. The highest BCUT2D eigenvalue weighted by Crippen LogP contribution is 2.24. The molecule has 4 rings (SSSR count). The first-order valence-electron chi connectivity index (χ1n) is 9.17. The highest BCUT2D eigenvalue weighted by Gasteiger charge is 2.23. The third-order valence-electron chi connectivity index (χ3n) is 5.20. The molecule has 0 saturated carbocycles. The molecule has 138 valence electrons. The molecular formula is C21H21FN4O. The highest BCUT2D eigenvalue weighted by molar-refractivity contribution is 5.86. The van der Waals surface area contributed by atoms with Gasteiger partial charge in [-0.15, -0.1) is 0 Å². The molecule has 0 bridgehead atoms. The van der Waals surface area contributed by atoms with E-state index in [1.165, 1.54) is 12.3 Å². The molecule has 1 fully saturated rings. The van der Waals surface area contributed by atoms with Gasteiger partial charge in [0.15, 0.2) is 0 Å². The Kier molecular flexibility index (Phi) is 4.90. The molecule has 0 N–H and O–H groups in total. The second-order valence-electron chi connectivity index (χ2n) is 7.22. The van der Waals surface area contributed by atoms with Gasteiger partial charge in [-0.3, -0.25) is 9.78 Å². The van der Waals surface area contributed by atoms with Gasteiger partial charge in [0.2, 0.25) is 0 Å². The maximum Gasteiger partial charge on any atom is 0.142 e. The van der Waals surface area contributed by atoms with E-state index in [1.807, 2.05) is 24.3 Å². The average molecular weight is 364 g/mol. The van der Waals surface area contributed by atoms with Crippen LogP contribution in [0.1, 0.15) is 18.5 Å². The number of aromatic nitrogens is 3. The fourth-order valence-corrected chi connectivity index (χ4v) is 3.58. The summed E-state index contributed by atoms with van der Waals surface area (Å²) < 4.78 is 13.4. The SMILES string of the molecule is CN1CCC(C(=O)Cc2cc3cc(-c4cncc(F)c4)ccc3nn2)CC1. The van der Waals surface area contributed by atoms with Crippen LogP contribution in [-0.2, 0) is 11.2 Å². The van der Waals surface area contributed by atoms with Gasteiger partial charge in [-0.25, -0.2) is 4.39 Å². The quantitative estimate of drug-likeness (QED) is 0.711. The van der Waals surface area contributed by atoms with Crippen LogP contribution in [0.5, 0.6) is 0 Å². The first-order valence-corrected chi connectivity index (χ1v) is 9.17. The number of hydrogen-bond donors (Lipinski definition) is 0. The number of pyridine rings is 1. The van der Waals surface area contributed by atoms with E-state index in [-0.39, 0.29) is 17.5 Å². The Balaban J connectivity index is 1.56. The van der Waals surface area contributed by atoms with Crippen molar-refractivity contribution in [2.75, 3.05) is 20.1 Å². The number of fused-ring (bicyclic) bond motifs is 1. The van der Waals surface area contributed by atoms with E-state index in [2.05, 4.69) is 27.1 Å². The van der Waals surface area contributed by atoms with E-state index in [4.69, 9.17) is 0 Å². The molecular weight excluding hydrogens is 343 g/mol. The van der Waals surface area contributed by atoms with Gasteiger partial charge in [-0.05, 0) is 62.8 Å². The van der Waals surface area contributed by atoms with Crippen LogP contribution < -0.4 is 0 Å². The molecule has 1 aliphatic rings. The second kappa shape index (κ2) is 7.48. The number of carbonyl (C=O) groups is 1. The molecule has 6 heteroatoms. The molecule has 5 nitrogen and oxygen atoms in total. The summed E-state index contributed by atoms with van der Waals surface area (Å²) in [5.74, 6) is -0.0181. The van der Waals surface area contributed by atoms with E-state index in [0.717, 1.165) is 42.4 Å². The summed E-state index contributed by atoms with van der Waals surface area (Å²) in [6.07, 6.45) is 4.94. The molecule has 1 aromatic carbocycles. The van der Waals surface area contributed by atoms with Crippen molar-refractivity contribution in [3.05, 3.63) is 54.2 Å². The molecule has 2 aromatic heterocycles. The fourth-order valence-electron chi connectivity index (χ4n) is 3.58. The van der Waals surface area contributed by atoms with Gasteiger partial charge in [0.25, 0.3) is 0 Å². The molecule has 0 radical (unpaired) electrons. The Morgan fingerprint density at radius 1 is 1.11 bits per heavy atom. The molecule has 0 aliphatic carbocycles. The molecule has 27 heavy (non-hydrogen) atoms. The standard InChI is InChI=1S/C21H21FN4O/c1-26-6-4-14(5-7-26)21(27)11-19-10-16-8-15(2-3-20(16)25-24-19)17-9-18(22)13-23-12-17/h2-3,8-10,12-14H,4-7,11H2,1H3. The average Bonchev–Trinajstić information content (AvgIpc) is 2.68. The minimum atomic E-state index is -0.370. The normalized spacial score (nSPS) is 15.9. The second-order valence-corrected chi connectivity index (χ2v) is 7.22. The number of carbonyl (C=O) groups excluding carboxylic acids is 1. The Morgan fingerprint density at radius 3 is 2.70 bits per heavy atom. The third-order valence-corrected chi connectivity index (χ3v) is 5.20. The van der Waals surface area contributed by atoms with Crippen LogP contribution in [0.3, 0.4) is 0 Å². The summed E-state index contributed by atoms with van der Waals surface area (Å²) in [5, 5.41) is 9.35. The van der Waals surface area contributed by atoms with E-state index >= 15 is 0 Å². The van der Waals surface area contributed by atoms with E-state index in [0.29, 0.717) is 17.7 Å². The van der Waals surface area contributed by atoms with Crippen molar-refractivity contribution in [3.8, 4) is 11.1 Å². The van der Waals surface area contributed by atoms with Gasteiger partial charge >= 0.3 is 0 Å².